The Hall–Kier alpha value is -1.06. The van der Waals surface area contributed by atoms with E-state index in [1.165, 1.54) is 0 Å². The van der Waals surface area contributed by atoms with Crippen molar-refractivity contribution in [1.82, 2.24) is 0 Å². The Labute approximate surface area is 96.5 Å². The molecule has 2 rings (SSSR count). The van der Waals surface area contributed by atoms with Crippen LogP contribution in [-0.2, 0) is 9.47 Å². The van der Waals surface area contributed by atoms with Crippen molar-refractivity contribution in [1.29, 1.82) is 0 Å². The van der Waals surface area contributed by atoms with E-state index in [1.807, 2.05) is 52.0 Å². The van der Waals surface area contributed by atoms with Gasteiger partial charge in [-0.05, 0) is 39.8 Å². The zero-order valence-corrected chi connectivity index (χ0v) is 10.3. The molecule has 1 heterocycles. The summed E-state index contributed by atoms with van der Waals surface area (Å²) in [5.41, 5.74) is 6.84. The maximum atomic E-state index is 5.93. The fraction of sp³-hybridized carbons (Fsp3) is 0.538. The summed E-state index contributed by atoms with van der Waals surface area (Å²) in [7, 11) is 0. The molecule has 1 aromatic carbocycles. The molecule has 16 heavy (non-hydrogen) atoms. The second kappa shape index (κ2) is 3.47. The lowest BCUT2D eigenvalue weighted by Gasteiger charge is -2.30. The average molecular weight is 221 g/mol. The van der Waals surface area contributed by atoms with Crippen LogP contribution in [0, 0.1) is 0 Å². The molecule has 1 aliphatic heterocycles. The number of anilines is 1. The Morgan fingerprint density at radius 2 is 1.62 bits per heavy atom. The second-order valence-electron chi connectivity index (χ2n) is 5.26. The van der Waals surface area contributed by atoms with E-state index in [2.05, 4.69) is 0 Å². The molecule has 3 heteroatoms. The van der Waals surface area contributed by atoms with Crippen molar-refractivity contribution in [2.75, 3.05) is 5.73 Å². The van der Waals surface area contributed by atoms with Crippen LogP contribution >= 0.6 is 0 Å². The van der Waals surface area contributed by atoms with Crippen molar-refractivity contribution in [3.05, 3.63) is 29.8 Å². The number of nitrogens with two attached hydrogens (primary N) is 1. The van der Waals surface area contributed by atoms with E-state index in [4.69, 9.17) is 15.2 Å². The number of hydrogen-bond donors (Lipinski definition) is 1. The summed E-state index contributed by atoms with van der Waals surface area (Å²) in [6.45, 7) is 8.16. The molecule has 0 spiro atoms. The molecule has 88 valence electrons. The Morgan fingerprint density at radius 3 is 2.12 bits per heavy atom. The van der Waals surface area contributed by atoms with Crippen molar-refractivity contribution in [2.24, 2.45) is 0 Å². The predicted octanol–water partition coefficient (Wildman–Crippen LogP) is 2.87. The number of nitrogen functional groups attached to an aromatic ring is 1. The summed E-state index contributed by atoms with van der Waals surface area (Å²) < 4.78 is 11.9. The van der Waals surface area contributed by atoms with Gasteiger partial charge in [-0.15, -0.1) is 0 Å². The van der Waals surface area contributed by atoms with Crippen LogP contribution in [0.25, 0.3) is 0 Å². The minimum atomic E-state index is -0.325. The summed E-state index contributed by atoms with van der Waals surface area (Å²) in [6.07, 6.45) is -0.325. The highest BCUT2D eigenvalue weighted by atomic mass is 16.7. The van der Waals surface area contributed by atoms with Crippen LogP contribution < -0.4 is 5.73 Å². The Kier molecular flexibility index (Phi) is 2.48. The van der Waals surface area contributed by atoms with Crippen LogP contribution in [0.4, 0.5) is 5.69 Å². The maximum absolute atomic E-state index is 5.93. The zero-order valence-electron chi connectivity index (χ0n) is 10.3. The van der Waals surface area contributed by atoms with Crippen LogP contribution in [0.2, 0.25) is 0 Å². The lowest BCUT2D eigenvalue weighted by atomic mass is 9.90. The number of hydrogen-bond acceptors (Lipinski definition) is 3. The van der Waals surface area contributed by atoms with Crippen molar-refractivity contribution in [2.45, 2.75) is 45.2 Å². The van der Waals surface area contributed by atoms with Crippen LogP contribution in [-0.4, -0.2) is 11.2 Å². The van der Waals surface area contributed by atoms with Gasteiger partial charge in [0, 0.05) is 11.3 Å². The summed E-state index contributed by atoms with van der Waals surface area (Å²) >= 11 is 0. The third kappa shape index (κ3) is 1.81. The van der Waals surface area contributed by atoms with Gasteiger partial charge in [0.15, 0.2) is 6.29 Å². The molecule has 0 saturated carbocycles. The average Bonchev–Trinajstić information content (AvgIpc) is 2.36. The quantitative estimate of drug-likeness (QED) is 0.742. The van der Waals surface area contributed by atoms with Gasteiger partial charge >= 0.3 is 0 Å². The van der Waals surface area contributed by atoms with Gasteiger partial charge in [-0.1, -0.05) is 12.1 Å². The number of benzene rings is 1. The molecule has 1 fully saturated rings. The highest BCUT2D eigenvalue weighted by Gasteiger charge is 2.49. The van der Waals surface area contributed by atoms with Gasteiger partial charge in [-0.3, -0.25) is 0 Å². The topological polar surface area (TPSA) is 44.5 Å². The highest BCUT2D eigenvalue weighted by molar-refractivity contribution is 5.41. The normalized spacial score (nSPS) is 23.5. The SMILES string of the molecule is CC1(C)OC(c2cccc(N)c2)OC1(C)C. The summed E-state index contributed by atoms with van der Waals surface area (Å²) in [5.74, 6) is 0. The summed E-state index contributed by atoms with van der Waals surface area (Å²) in [4.78, 5) is 0. The van der Waals surface area contributed by atoms with E-state index in [1.54, 1.807) is 0 Å². The molecule has 0 aliphatic carbocycles. The number of ether oxygens (including phenoxy) is 2. The predicted molar refractivity (Wildman–Crippen MR) is 63.9 cm³/mol. The molecule has 1 aromatic rings. The maximum Gasteiger partial charge on any atom is 0.185 e. The monoisotopic (exact) mass is 221 g/mol. The first-order valence-corrected chi connectivity index (χ1v) is 5.53. The molecular formula is C13H19NO2. The molecule has 0 radical (unpaired) electrons. The minimum Gasteiger partial charge on any atom is -0.399 e. The van der Waals surface area contributed by atoms with Gasteiger partial charge < -0.3 is 15.2 Å². The van der Waals surface area contributed by atoms with E-state index in [-0.39, 0.29) is 17.5 Å². The smallest absolute Gasteiger partial charge is 0.185 e. The van der Waals surface area contributed by atoms with Gasteiger partial charge in [0.1, 0.15) is 0 Å². The third-order valence-electron chi connectivity index (χ3n) is 3.44. The molecule has 3 nitrogen and oxygen atoms in total. The first kappa shape index (κ1) is 11.4. The molecule has 0 atom stereocenters. The molecule has 1 aliphatic rings. The highest BCUT2D eigenvalue weighted by Crippen LogP contribution is 2.44. The number of rotatable bonds is 1. The molecule has 0 aromatic heterocycles. The largest absolute Gasteiger partial charge is 0.399 e. The van der Waals surface area contributed by atoms with Crippen LogP contribution in [0.5, 0.6) is 0 Å². The molecule has 0 unspecified atom stereocenters. The zero-order chi connectivity index (χ0) is 12.0. The van der Waals surface area contributed by atoms with Crippen molar-refractivity contribution in [3.8, 4) is 0 Å². The third-order valence-corrected chi connectivity index (χ3v) is 3.44. The molecule has 0 bridgehead atoms. The Morgan fingerprint density at radius 1 is 1.06 bits per heavy atom. The second-order valence-corrected chi connectivity index (χ2v) is 5.26. The van der Waals surface area contributed by atoms with Crippen LogP contribution in [0.1, 0.15) is 39.5 Å². The Balaban J connectivity index is 2.27. The molecular weight excluding hydrogens is 202 g/mol. The molecule has 1 saturated heterocycles. The summed E-state index contributed by atoms with van der Waals surface area (Å²) in [6, 6.07) is 7.63. The summed E-state index contributed by atoms with van der Waals surface area (Å²) in [5, 5.41) is 0. The van der Waals surface area contributed by atoms with Crippen LogP contribution in [0.15, 0.2) is 24.3 Å². The molecule has 0 amide bonds. The molecule has 2 N–H and O–H groups in total. The fourth-order valence-corrected chi connectivity index (χ4v) is 1.68. The lowest BCUT2D eigenvalue weighted by Crippen LogP contribution is -2.41. The van der Waals surface area contributed by atoms with E-state index >= 15 is 0 Å². The van der Waals surface area contributed by atoms with E-state index < -0.39 is 0 Å². The van der Waals surface area contributed by atoms with Crippen LogP contribution in [0.3, 0.4) is 0 Å². The Bertz CT molecular complexity index is 383. The minimum absolute atomic E-state index is 0.303. The van der Waals surface area contributed by atoms with E-state index in [9.17, 15) is 0 Å². The van der Waals surface area contributed by atoms with Gasteiger partial charge in [0.25, 0.3) is 0 Å². The first-order chi connectivity index (χ1) is 7.32. The van der Waals surface area contributed by atoms with E-state index in [0.29, 0.717) is 0 Å². The lowest BCUT2D eigenvalue weighted by molar-refractivity contribution is -0.0895. The van der Waals surface area contributed by atoms with Gasteiger partial charge in [-0.25, -0.2) is 0 Å². The van der Waals surface area contributed by atoms with E-state index in [0.717, 1.165) is 11.3 Å². The first-order valence-electron chi connectivity index (χ1n) is 5.53. The van der Waals surface area contributed by atoms with Crippen molar-refractivity contribution in [3.63, 3.8) is 0 Å². The fourth-order valence-electron chi connectivity index (χ4n) is 1.68. The van der Waals surface area contributed by atoms with Gasteiger partial charge in [0.2, 0.25) is 0 Å². The van der Waals surface area contributed by atoms with Gasteiger partial charge in [0.05, 0.1) is 11.2 Å². The van der Waals surface area contributed by atoms with Crippen molar-refractivity contribution < 1.29 is 9.47 Å². The van der Waals surface area contributed by atoms with Gasteiger partial charge in [-0.2, -0.15) is 0 Å². The van der Waals surface area contributed by atoms with Crippen molar-refractivity contribution >= 4 is 5.69 Å². The standard InChI is InChI=1S/C13H19NO2/c1-12(2)13(3,4)16-11(15-12)9-6-5-7-10(14)8-9/h5-8,11H,14H2,1-4H3.